The van der Waals surface area contributed by atoms with Crippen LogP contribution in [0, 0.1) is 35.5 Å². The summed E-state index contributed by atoms with van der Waals surface area (Å²) in [4.78, 5) is 5.59. The molecule has 0 aromatic rings. The lowest BCUT2D eigenvalue weighted by Crippen LogP contribution is -2.42. The molecular formula is C54H56N2O2. The summed E-state index contributed by atoms with van der Waals surface area (Å²) >= 11 is 0. The molecule has 4 heteroatoms. The first-order valence-electron chi connectivity index (χ1n) is 23.1. The van der Waals surface area contributed by atoms with Gasteiger partial charge in [0, 0.05) is 64.7 Å². The molecule has 0 amide bonds. The van der Waals surface area contributed by atoms with E-state index in [0.717, 1.165) is 37.2 Å². The van der Waals surface area contributed by atoms with E-state index in [9.17, 15) is 0 Å². The van der Waals surface area contributed by atoms with Crippen molar-refractivity contribution in [1.29, 1.82) is 0 Å². The quantitative estimate of drug-likeness (QED) is 0.266. The fourth-order valence-corrected chi connectivity index (χ4v) is 13.6. The number of hydrogen-bond donors (Lipinski definition) is 0. The predicted molar refractivity (Wildman–Crippen MR) is 231 cm³/mol. The minimum atomic E-state index is 0.0626. The third-order valence-electron chi connectivity index (χ3n) is 16.2. The van der Waals surface area contributed by atoms with Crippen LogP contribution in [0.1, 0.15) is 83.5 Å². The zero-order valence-electron chi connectivity index (χ0n) is 33.7. The van der Waals surface area contributed by atoms with Gasteiger partial charge in [-0.15, -0.1) is 0 Å². The summed E-state index contributed by atoms with van der Waals surface area (Å²) < 4.78 is 13.8. The Hall–Kier alpha value is -4.70. The van der Waals surface area contributed by atoms with Gasteiger partial charge in [-0.1, -0.05) is 85.1 Å². The second-order valence-corrected chi connectivity index (χ2v) is 19.1. The Kier molecular flexibility index (Phi) is 7.91. The molecule has 9 aliphatic carbocycles. The number of hydrogen-bond acceptors (Lipinski definition) is 4. The van der Waals surface area contributed by atoms with Crippen molar-refractivity contribution in [3.8, 4) is 0 Å². The van der Waals surface area contributed by atoms with E-state index in [1.54, 1.807) is 22.5 Å². The first-order valence-corrected chi connectivity index (χ1v) is 23.1. The third kappa shape index (κ3) is 5.18. The molecule has 0 spiro atoms. The van der Waals surface area contributed by atoms with E-state index < -0.39 is 0 Å². The Labute approximate surface area is 344 Å². The lowest BCUT2D eigenvalue weighted by Gasteiger charge is -2.40. The Morgan fingerprint density at radius 3 is 2.28 bits per heavy atom. The largest absolute Gasteiger partial charge is 0.482 e. The smallest absolute Gasteiger partial charge is 0.162 e. The molecule has 0 fully saturated rings. The number of fused-ring (bicyclic) bond motifs is 9. The summed E-state index contributed by atoms with van der Waals surface area (Å²) in [5.74, 6) is 4.73. The maximum atomic E-state index is 6.92. The van der Waals surface area contributed by atoms with Gasteiger partial charge >= 0.3 is 0 Å². The van der Waals surface area contributed by atoms with Gasteiger partial charge in [-0.3, -0.25) is 0 Å². The van der Waals surface area contributed by atoms with E-state index in [0.29, 0.717) is 47.7 Å². The lowest BCUT2D eigenvalue weighted by molar-refractivity contribution is 0.114. The van der Waals surface area contributed by atoms with Crippen molar-refractivity contribution in [3.05, 3.63) is 177 Å². The molecule has 11 unspecified atom stereocenters. The van der Waals surface area contributed by atoms with Crippen molar-refractivity contribution in [2.75, 3.05) is 0 Å². The van der Waals surface area contributed by atoms with Crippen LogP contribution in [0.5, 0.6) is 0 Å². The molecule has 0 aromatic heterocycles. The zero-order chi connectivity index (χ0) is 37.9. The maximum Gasteiger partial charge on any atom is 0.162 e. The molecule has 294 valence electrons. The van der Waals surface area contributed by atoms with Crippen molar-refractivity contribution in [1.82, 2.24) is 9.80 Å². The Balaban J connectivity index is 0.777. The fourth-order valence-electron chi connectivity index (χ4n) is 13.6. The standard InChI is InChI=1S/C54H56N2O2/c1-3-11-33(12-4-1)34-19-25-49-43(29-34)44-30-35(20-26-50(44)55(49)37-13-5-2-6-14-37)36-21-27-51-45(31-36)41-23-24-42-46-32-38(22-28-52(46)58-54(42)53(41)57-51)56-47-17-9-7-15-39(47)40-16-8-10-18-48(40)56/h2-3,5,7-8,11-12,15-16,19-22,25-28,31-32,34-35,37,39,44-47,50-52H,1,4,6,9-10,13-14,17-18,23-24,29-30H2. The number of ether oxygens (including phenoxy) is 2. The summed E-state index contributed by atoms with van der Waals surface area (Å²) in [6.07, 6.45) is 62.1. The highest BCUT2D eigenvalue weighted by atomic mass is 16.5. The average Bonchev–Trinajstić information content (AvgIpc) is 4.04. The summed E-state index contributed by atoms with van der Waals surface area (Å²) in [5, 5.41) is 0. The van der Waals surface area contributed by atoms with E-state index in [2.05, 4.69) is 125 Å². The lowest BCUT2D eigenvalue weighted by atomic mass is 9.72. The highest BCUT2D eigenvalue weighted by molar-refractivity contribution is 5.53. The van der Waals surface area contributed by atoms with E-state index in [-0.39, 0.29) is 18.1 Å². The molecule has 11 atom stereocenters. The van der Waals surface area contributed by atoms with Crippen molar-refractivity contribution in [2.24, 2.45) is 35.5 Å². The van der Waals surface area contributed by atoms with E-state index in [4.69, 9.17) is 9.47 Å². The van der Waals surface area contributed by atoms with Crippen molar-refractivity contribution in [3.63, 3.8) is 0 Å². The normalized spacial score (nSPS) is 39.7. The van der Waals surface area contributed by atoms with Gasteiger partial charge < -0.3 is 19.3 Å². The van der Waals surface area contributed by atoms with Gasteiger partial charge in [0.15, 0.2) is 11.5 Å². The maximum absolute atomic E-state index is 6.92. The van der Waals surface area contributed by atoms with Crippen LogP contribution in [0.15, 0.2) is 177 Å². The van der Waals surface area contributed by atoms with Crippen LogP contribution < -0.4 is 0 Å². The summed E-state index contributed by atoms with van der Waals surface area (Å²) in [7, 11) is 0. The van der Waals surface area contributed by atoms with Crippen LogP contribution in [0.25, 0.3) is 0 Å². The van der Waals surface area contributed by atoms with Gasteiger partial charge in [-0.05, 0) is 147 Å². The van der Waals surface area contributed by atoms with E-state index >= 15 is 0 Å². The Morgan fingerprint density at radius 2 is 1.43 bits per heavy atom. The van der Waals surface area contributed by atoms with Crippen LogP contribution >= 0.6 is 0 Å². The molecule has 0 saturated carbocycles. The van der Waals surface area contributed by atoms with E-state index in [1.165, 1.54) is 85.8 Å². The van der Waals surface area contributed by atoms with Crippen molar-refractivity contribution in [2.45, 2.75) is 114 Å². The average molecular weight is 765 g/mol. The Bertz CT molecular complexity index is 2320. The van der Waals surface area contributed by atoms with Gasteiger partial charge in [0.25, 0.3) is 0 Å². The number of nitrogens with zero attached hydrogens (tertiary/aromatic N) is 2. The zero-order valence-corrected chi connectivity index (χ0v) is 33.7. The first-order chi connectivity index (χ1) is 28.7. The molecule has 0 N–H and O–H groups in total. The predicted octanol–water partition coefficient (Wildman–Crippen LogP) is 11.6. The van der Waals surface area contributed by atoms with Gasteiger partial charge in [-0.25, -0.2) is 0 Å². The van der Waals surface area contributed by atoms with Gasteiger partial charge in [-0.2, -0.15) is 0 Å². The molecule has 0 radical (unpaired) electrons. The highest BCUT2D eigenvalue weighted by Crippen LogP contribution is 2.55. The fraction of sp³-hybridized carbons (Fsp3) is 0.444. The second-order valence-electron chi connectivity index (χ2n) is 19.1. The van der Waals surface area contributed by atoms with Crippen LogP contribution in [-0.2, 0) is 9.47 Å². The Morgan fingerprint density at radius 1 is 0.586 bits per heavy atom. The molecule has 0 saturated heterocycles. The molecule has 4 nitrogen and oxygen atoms in total. The molecule has 13 aliphatic rings. The molecule has 4 heterocycles. The third-order valence-corrected chi connectivity index (χ3v) is 16.2. The highest BCUT2D eigenvalue weighted by Gasteiger charge is 2.50. The van der Waals surface area contributed by atoms with Crippen molar-refractivity contribution < 1.29 is 9.47 Å². The van der Waals surface area contributed by atoms with Crippen molar-refractivity contribution >= 4 is 0 Å². The van der Waals surface area contributed by atoms with Gasteiger partial charge in [0.2, 0.25) is 0 Å². The topological polar surface area (TPSA) is 24.9 Å². The molecule has 0 aromatic carbocycles. The van der Waals surface area contributed by atoms with Crippen LogP contribution in [-0.4, -0.2) is 40.1 Å². The molecule has 13 rings (SSSR count). The van der Waals surface area contributed by atoms with Crippen LogP contribution in [0.4, 0.5) is 0 Å². The number of allylic oxidation sites excluding steroid dienone is 15. The van der Waals surface area contributed by atoms with E-state index in [1.807, 2.05) is 0 Å². The summed E-state index contributed by atoms with van der Waals surface area (Å²) in [6, 6.07) is 1.61. The minimum Gasteiger partial charge on any atom is -0.482 e. The molecule has 4 aliphatic heterocycles. The molecule has 58 heavy (non-hydrogen) atoms. The molecule has 0 bridgehead atoms. The van der Waals surface area contributed by atoms with Gasteiger partial charge in [0.05, 0.1) is 6.04 Å². The summed E-state index contributed by atoms with van der Waals surface area (Å²) in [6.45, 7) is 0. The van der Waals surface area contributed by atoms with Crippen LogP contribution in [0.2, 0.25) is 0 Å². The van der Waals surface area contributed by atoms with Crippen LogP contribution in [0.3, 0.4) is 0 Å². The SMILES string of the molecule is C1=CC(C2C=CC3=C(C2)C2CC(C4=CC5C6=C(OC5C=C4)C4=C(CC6)C5C=C(N6C7=C(C=CCC7)C7C=CCCC76)C=CC5O4)C=CC2N3C2CC=CCC2)=CCC1. The van der Waals surface area contributed by atoms with Gasteiger partial charge in [0.1, 0.15) is 12.2 Å². The second kappa shape index (κ2) is 13.4. The first kappa shape index (κ1) is 34.2. The number of rotatable bonds is 4. The monoisotopic (exact) mass is 764 g/mol. The molecular weight excluding hydrogens is 709 g/mol. The minimum absolute atomic E-state index is 0.0626. The summed E-state index contributed by atoms with van der Waals surface area (Å²) in [5.41, 5.74) is 13.7.